The molecule has 0 aliphatic carbocycles. The molecule has 0 fully saturated rings. The summed E-state index contributed by atoms with van der Waals surface area (Å²) in [6, 6.07) is 16.1. The number of phenolic OH excluding ortho intramolecular Hbond substituents is 1. The summed E-state index contributed by atoms with van der Waals surface area (Å²) in [5, 5.41) is 23.4. The number of rotatable bonds is 5. The van der Waals surface area contributed by atoms with E-state index in [9.17, 15) is 15.0 Å². The van der Waals surface area contributed by atoms with Gasteiger partial charge in [0.15, 0.2) is 5.75 Å². The monoisotopic (exact) mass is 322 g/mol. The molecule has 0 aliphatic heterocycles. The van der Waals surface area contributed by atoms with Crippen LogP contribution in [-0.4, -0.2) is 33.8 Å². The first kappa shape index (κ1) is 16.0. The first-order valence-corrected chi connectivity index (χ1v) is 7.71. The van der Waals surface area contributed by atoms with Crippen LogP contribution in [0.1, 0.15) is 15.9 Å². The maximum absolute atomic E-state index is 12.5. The van der Waals surface area contributed by atoms with E-state index in [1.165, 1.54) is 0 Å². The normalized spacial score (nSPS) is 12.0. The highest BCUT2D eigenvalue weighted by atomic mass is 16.3. The molecule has 0 unspecified atom stereocenters. The SMILES string of the molecule is O=C(N[C@H](CO)Cc1ccccc1)c1ccc2cccnc2c1O. The molecule has 1 atom stereocenters. The summed E-state index contributed by atoms with van der Waals surface area (Å²) >= 11 is 0. The van der Waals surface area contributed by atoms with Crippen LogP contribution < -0.4 is 5.32 Å². The van der Waals surface area contributed by atoms with Gasteiger partial charge in [-0.25, -0.2) is 0 Å². The van der Waals surface area contributed by atoms with Gasteiger partial charge < -0.3 is 15.5 Å². The zero-order valence-electron chi connectivity index (χ0n) is 13.0. The third-order valence-electron chi connectivity index (χ3n) is 3.87. The Hall–Kier alpha value is -2.92. The van der Waals surface area contributed by atoms with Gasteiger partial charge in [-0.1, -0.05) is 42.5 Å². The first-order valence-electron chi connectivity index (χ1n) is 7.71. The number of fused-ring (bicyclic) bond motifs is 1. The van der Waals surface area contributed by atoms with Crippen molar-refractivity contribution in [1.29, 1.82) is 0 Å². The molecule has 0 aliphatic rings. The van der Waals surface area contributed by atoms with Crippen molar-refractivity contribution in [3.05, 3.63) is 71.9 Å². The van der Waals surface area contributed by atoms with Gasteiger partial charge >= 0.3 is 0 Å². The van der Waals surface area contributed by atoms with Crippen LogP contribution in [0.2, 0.25) is 0 Å². The minimum atomic E-state index is -0.435. The van der Waals surface area contributed by atoms with E-state index in [2.05, 4.69) is 10.3 Å². The Bertz CT molecular complexity index is 850. The zero-order chi connectivity index (χ0) is 16.9. The smallest absolute Gasteiger partial charge is 0.255 e. The number of aromatic hydroxyl groups is 1. The van der Waals surface area contributed by atoms with Crippen LogP contribution in [0.4, 0.5) is 0 Å². The number of pyridine rings is 1. The van der Waals surface area contributed by atoms with Crippen molar-refractivity contribution < 1.29 is 15.0 Å². The molecule has 1 heterocycles. The number of phenols is 1. The van der Waals surface area contributed by atoms with E-state index in [-0.39, 0.29) is 17.9 Å². The minimum absolute atomic E-state index is 0.146. The van der Waals surface area contributed by atoms with Crippen LogP contribution in [0.5, 0.6) is 5.75 Å². The van der Waals surface area contributed by atoms with Crippen molar-refractivity contribution >= 4 is 16.8 Å². The van der Waals surface area contributed by atoms with E-state index in [1.54, 1.807) is 24.4 Å². The number of hydrogen-bond donors (Lipinski definition) is 3. The number of benzene rings is 2. The van der Waals surface area contributed by atoms with Gasteiger partial charge in [0.05, 0.1) is 18.2 Å². The van der Waals surface area contributed by atoms with Gasteiger partial charge in [0.2, 0.25) is 0 Å². The van der Waals surface area contributed by atoms with Crippen molar-refractivity contribution in [2.75, 3.05) is 6.61 Å². The van der Waals surface area contributed by atoms with Crippen LogP contribution in [0.15, 0.2) is 60.8 Å². The van der Waals surface area contributed by atoms with Crippen LogP contribution in [0.3, 0.4) is 0 Å². The van der Waals surface area contributed by atoms with Gasteiger partial charge in [0.1, 0.15) is 5.52 Å². The summed E-state index contributed by atoms with van der Waals surface area (Å²) in [6.07, 6.45) is 2.07. The minimum Gasteiger partial charge on any atom is -0.505 e. The van der Waals surface area contributed by atoms with E-state index in [0.717, 1.165) is 10.9 Å². The summed E-state index contributed by atoms with van der Waals surface area (Å²) in [7, 11) is 0. The number of amides is 1. The number of hydrogen-bond acceptors (Lipinski definition) is 4. The van der Waals surface area contributed by atoms with E-state index in [4.69, 9.17) is 0 Å². The van der Waals surface area contributed by atoms with E-state index < -0.39 is 11.9 Å². The fourth-order valence-corrected chi connectivity index (χ4v) is 2.64. The quantitative estimate of drug-likeness (QED) is 0.673. The number of carbonyl (C=O) groups excluding carboxylic acids is 1. The molecule has 3 rings (SSSR count). The molecule has 0 bridgehead atoms. The predicted molar refractivity (Wildman–Crippen MR) is 91.9 cm³/mol. The maximum atomic E-state index is 12.5. The Labute approximate surface area is 139 Å². The molecule has 2 aromatic carbocycles. The summed E-state index contributed by atoms with van der Waals surface area (Å²) in [6.45, 7) is -0.187. The second-order valence-electron chi connectivity index (χ2n) is 5.58. The Morgan fingerprint density at radius 2 is 1.88 bits per heavy atom. The highest BCUT2D eigenvalue weighted by molar-refractivity contribution is 6.02. The fraction of sp³-hybridized carbons (Fsp3) is 0.158. The van der Waals surface area contributed by atoms with Crippen molar-refractivity contribution in [1.82, 2.24) is 10.3 Å². The van der Waals surface area contributed by atoms with Crippen LogP contribution in [0.25, 0.3) is 10.9 Å². The molecule has 1 aromatic heterocycles. The van der Waals surface area contributed by atoms with Crippen molar-refractivity contribution in [3.8, 4) is 5.75 Å². The van der Waals surface area contributed by atoms with Crippen molar-refractivity contribution in [3.63, 3.8) is 0 Å². The summed E-state index contributed by atoms with van der Waals surface area (Å²) in [4.78, 5) is 16.6. The van der Waals surface area contributed by atoms with Crippen molar-refractivity contribution in [2.24, 2.45) is 0 Å². The lowest BCUT2D eigenvalue weighted by Gasteiger charge is -2.17. The molecular weight excluding hydrogens is 304 g/mol. The Balaban J connectivity index is 1.79. The van der Waals surface area contributed by atoms with Gasteiger partial charge in [-0.2, -0.15) is 0 Å². The van der Waals surface area contributed by atoms with E-state index in [0.29, 0.717) is 11.9 Å². The van der Waals surface area contributed by atoms with Gasteiger partial charge in [-0.15, -0.1) is 0 Å². The number of nitrogens with one attached hydrogen (secondary N) is 1. The van der Waals surface area contributed by atoms with Crippen LogP contribution in [0, 0.1) is 0 Å². The second-order valence-corrected chi connectivity index (χ2v) is 5.58. The highest BCUT2D eigenvalue weighted by Crippen LogP contribution is 2.26. The lowest BCUT2D eigenvalue weighted by molar-refractivity contribution is 0.0914. The number of aromatic nitrogens is 1. The molecule has 5 nitrogen and oxygen atoms in total. The Kier molecular flexibility index (Phi) is 4.72. The number of aliphatic hydroxyl groups excluding tert-OH is 1. The fourth-order valence-electron chi connectivity index (χ4n) is 2.64. The zero-order valence-corrected chi connectivity index (χ0v) is 13.0. The summed E-state index contributed by atoms with van der Waals surface area (Å²) in [5.74, 6) is -0.586. The topological polar surface area (TPSA) is 82.5 Å². The number of carbonyl (C=O) groups is 1. The molecule has 1 amide bonds. The highest BCUT2D eigenvalue weighted by Gasteiger charge is 2.18. The summed E-state index contributed by atoms with van der Waals surface area (Å²) in [5.41, 5.74) is 1.54. The standard InChI is InChI=1S/C19H18N2O3/c22-12-15(11-13-5-2-1-3-6-13)21-19(24)16-9-8-14-7-4-10-20-17(14)18(16)23/h1-10,15,22-23H,11-12H2,(H,21,24)/t15-/m0/s1. The molecule has 0 saturated heterocycles. The maximum Gasteiger partial charge on any atom is 0.255 e. The molecule has 24 heavy (non-hydrogen) atoms. The molecule has 0 spiro atoms. The average molecular weight is 322 g/mol. The van der Waals surface area contributed by atoms with E-state index >= 15 is 0 Å². The second kappa shape index (κ2) is 7.10. The molecule has 5 heteroatoms. The number of aliphatic hydroxyl groups is 1. The van der Waals surface area contributed by atoms with Crippen LogP contribution >= 0.6 is 0 Å². The van der Waals surface area contributed by atoms with Gasteiger partial charge in [0.25, 0.3) is 5.91 Å². The van der Waals surface area contributed by atoms with Gasteiger partial charge in [-0.05, 0) is 24.1 Å². The van der Waals surface area contributed by atoms with Gasteiger partial charge in [-0.3, -0.25) is 9.78 Å². The third kappa shape index (κ3) is 3.36. The predicted octanol–water partition coefficient (Wildman–Crippen LogP) is 2.27. The van der Waals surface area contributed by atoms with Crippen molar-refractivity contribution in [2.45, 2.75) is 12.5 Å². The first-order chi connectivity index (χ1) is 11.7. The lowest BCUT2D eigenvalue weighted by atomic mass is 10.1. The number of nitrogens with zero attached hydrogens (tertiary/aromatic N) is 1. The van der Waals surface area contributed by atoms with E-state index in [1.807, 2.05) is 36.4 Å². The van der Waals surface area contributed by atoms with Gasteiger partial charge in [0, 0.05) is 11.6 Å². The molecule has 3 N–H and O–H groups in total. The molecule has 122 valence electrons. The third-order valence-corrected chi connectivity index (χ3v) is 3.87. The lowest BCUT2D eigenvalue weighted by Crippen LogP contribution is -2.39. The Morgan fingerprint density at radius 3 is 2.62 bits per heavy atom. The average Bonchev–Trinajstić information content (AvgIpc) is 2.62. The van der Waals surface area contributed by atoms with Crippen LogP contribution in [-0.2, 0) is 6.42 Å². The molecule has 3 aromatic rings. The molecule has 0 saturated carbocycles. The summed E-state index contributed by atoms with van der Waals surface area (Å²) < 4.78 is 0. The molecule has 0 radical (unpaired) electrons. The molecular formula is C19H18N2O3. The largest absolute Gasteiger partial charge is 0.505 e. The Morgan fingerprint density at radius 1 is 1.08 bits per heavy atom.